The van der Waals surface area contributed by atoms with E-state index in [1.165, 1.54) is 12.0 Å². The molecule has 35 heavy (non-hydrogen) atoms. The molecule has 0 radical (unpaired) electrons. The number of hydrogen-bond acceptors (Lipinski definition) is 7. The Morgan fingerprint density at radius 3 is 2.83 bits per heavy atom. The lowest BCUT2D eigenvalue weighted by Crippen LogP contribution is -2.14. The van der Waals surface area contributed by atoms with E-state index >= 15 is 0 Å². The maximum atomic E-state index is 11.6. The van der Waals surface area contributed by atoms with E-state index in [1.807, 2.05) is 36.5 Å². The number of rotatable bonds is 10. The Labute approximate surface area is 213 Å². The lowest BCUT2D eigenvalue weighted by molar-refractivity contribution is -0.137. The highest BCUT2D eigenvalue weighted by Crippen LogP contribution is 2.33. The second-order valence-corrected chi connectivity index (χ2v) is 10.9. The van der Waals surface area contributed by atoms with Gasteiger partial charge in [0, 0.05) is 40.2 Å². The molecule has 0 amide bonds. The Morgan fingerprint density at radius 1 is 1.09 bits per heavy atom. The molecule has 0 saturated carbocycles. The average molecular weight is 505 g/mol. The van der Waals surface area contributed by atoms with E-state index in [-0.39, 0.29) is 12.3 Å². The minimum Gasteiger partial charge on any atom is -0.481 e. The van der Waals surface area contributed by atoms with E-state index in [9.17, 15) is 9.90 Å². The molecule has 1 atom stereocenters. The smallest absolute Gasteiger partial charge is 0.304 e. The normalized spacial score (nSPS) is 13.7. The van der Waals surface area contributed by atoms with Gasteiger partial charge in [-0.1, -0.05) is 36.4 Å². The summed E-state index contributed by atoms with van der Waals surface area (Å²) in [7, 11) is 0. The number of benzene rings is 1. The quantitative estimate of drug-likeness (QED) is 0.276. The molecule has 4 heterocycles. The summed E-state index contributed by atoms with van der Waals surface area (Å²) >= 11 is 3.23. The molecule has 0 saturated heterocycles. The average Bonchev–Trinajstić information content (AvgIpc) is 3.54. The summed E-state index contributed by atoms with van der Waals surface area (Å²) in [5, 5.41) is 17.0. The van der Waals surface area contributed by atoms with Crippen molar-refractivity contribution in [1.82, 2.24) is 15.0 Å². The Kier molecular flexibility index (Phi) is 7.49. The monoisotopic (exact) mass is 504 g/mol. The first-order chi connectivity index (χ1) is 17.1. The van der Waals surface area contributed by atoms with E-state index in [0.717, 1.165) is 69.9 Å². The summed E-state index contributed by atoms with van der Waals surface area (Å²) < 4.78 is 0. The Bertz CT molecular complexity index is 1290. The molecule has 6 nitrogen and oxygen atoms in total. The topological polar surface area (TPSA) is 88.0 Å². The summed E-state index contributed by atoms with van der Waals surface area (Å²) in [5.74, 6) is 0.116. The van der Waals surface area contributed by atoms with Crippen molar-refractivity contribution in [1.29, 1.82) is 0 Å². The van der Waals surface area contributed by atoms with Gasteiger partial charge in [0.1, 0.15) is 10.8 Å². The van der Waals surface area contributed by atoms with Crippen LogP contribution in [0.4, 0.5) is 5.82 Å². The van der Waals surface area contributed by atoms with Crippen LogP contribution >= 0.6 is 22.7 Å². The number of nitrogens with zero attached hydrogens (tertiary/aromatic N) is 3. The predicted molar refractivity (Wildman–Crippen MR) is 141 cm³/mol. The zero-order valence-electron chi connectivity index (χ0n) is 19.4. The molecule has 2 N–H and O–H groups in total. The van der Waals surface area contributed by atoms with Gasteiger partial charge >= 0.3 is 5.97 Å². The van der Waals surface area contributed by atoms with Gasteiger partial charge in [0.2, 0.25) is 0 Å². The van der Waals surface area contributed by atoms with Crippen LogP contribution in [0.2, 0.25) is 0 Å². The zero-order chi connectivity index (χ0) is 24.0. The third-order valence-electron chi connectivity index (χ3n) is 6.20. The van der Waals surface area contributed by atoms with Gasteiger partial charge < -0.3 is 10.4 Å². The molecule has 8 heteroatoms. The first-order valence-corrected chi connectivity index (χ1v) is 13.7. The minimum atomic E-state index is -0.799. The van der Waals surface area contributed by atoms with Crippen molar-refractivity contribution in [2.75, 3.05) is 11.9 Å². The van der Waals surface area contributed by atoms with E-state index in [4.69, 9.17) is 9.97 Å². The summed E-state index contributed by atoms with van der Waals surface area (Å²) in [5.41, 5.74) is 4.45. The number of carboxylic acid groups (broad SMARTS) is 1. The highest BCUT2D eigenvalue weighted by atomic mass is 32.1. The van der Waals surface area contributed by atoms with E-state index in [0.29, 0.717) is 6.42 Å². The van der Waals surface area contributed by atoms with Crippen LogP contribution in [-0.2, 0) is 30.5 Å². The molecule has 3 aromatic heterocycles. The standard InChI is InChI=1S/C27H28N4O2S2/c32-25(33)15-20(23-16-29-27(35-23)19-6-2-1-3-7-19)14-22-17-34-24(30-22)10-4-9-21-12-11-18-8-5-13-28-26(18)31-21/h1-3,6-7,11-12,16-17,20H,4-5,8-10,13-15H2,(H,28,31)(H,32,33). The molecular weight excluding hydrogens is 476 g/mol. The Balaban J connectivity index is 1.20. The van der Waals surface area contributed by atoms with Gasteiger partial charge in [0.05, 0.1) is 17.1 Å². The molecule has 0 spiro atoms. The van der Waals surface area contributed by atoms with Crippen LogP contribution in [0.3, 0.4) is 0 Å². The van der Waals surface area contributed by atoms with Crippen LogP contribution < -0.4 is 5.32 Å². The number of fused-ring (bicyclic) bond motifs is 1. The molecule has 1 unspecified atom stereocenters. The van der Waals surface area contributed by atoms with Gasteiger partial charge in [-0.05, 0) is 50.2 Å². The van der Waals surface area contributed by atoms with Crippen molar-refractivity contribution in [2.45, 2.75) is 50.9 Å². The fourth-order valence-electron chi connectivity index (χ4n) is 4.41. The van der Waals surface area contributed by atoms with Crippen molar-refractivity contribution in [3.8, 4) is 10.6 Å². The lowest BCUT2D eigenvalue weighted by Gasteiger charge is -2.17. The summed E-state index contributed by atoms with van der Waals surface area (Å²) in [6.45, 7) is 1.00. The van der Waals surface area contributed by atoms with Gasteiger partial charge in [-0.25, -0.2) is 15.0 Å². The van der Waals surface area contributed by atoms with E-state index in [1.54, 1.807) is 22.7 Å². The minimum absolute atomic E-state index is 0.0708. The second kappa shape index (κ2) is 11.1. The van der Waals surface area contributed by atoms with Crippen LogP contribution in [0.1, 0.15) is 52.0 Å². The number of nitrogens with one attached hydrogen (secondary N) is 1. The predicted octanol–water partition coefficient (Wildman–Crippen LogP) is 6.00. The number of pyridine rings is 1. The summed E-state index contributed by atoms with van der Waals surface area (Å²) in [6.07, 6.45) is 7.60. The van der Waals surface area contributed by atoms with Crippen LogP contribution in [0.5, 0.6) is 0 Å². The molecule has 5 rings (SSSR count). The number of carbonyl (C=O) groups is 1. The maximum absolute atomic E-state index is 11.6. The zero-order valence-corrected chi connectivity index (χ0v) is 21.1. The fourth-order valence-corrected chi connectivity index (χ4v) is 6.29. The van der Waals surface area contributed by atoms with Crippen molar-refractivity contribution >= 4 is 34.5 Å². The van der Waals surface area contributed by atoms with Gasteiger partial charge in [0.15, 0.2) is 0 Å². The highest BCUT2D eigenvalue weighted by molar-refractivity contribution is 7.15. The number of hydrogen-bond donors (Lipinski definition) is 2. The van der Waals surface area contributed by atoms with E-state index in [2.05, 4.69) is 27.8 Å². The molecule has 0 fully saturated rings. The SMILES string of the molecule is O=C(O)CC(Cc1csc(CCCc2ccc3c(n2)NCCC3)n1)c1cnc(-c2ccccc2)s1. The summed E-state index contributed by atoms with van der Waals surface area (Å²) in [4.78, 5) is 26.7. The Hall–Kier alpha value is -3.10. The van der Waals surface area contributed by atoms with Gasteiger partial charge in [-0.3, -0.25) is 4.79 Å². The number of aliphatic carboxylic acids is 1. The highest BCUT2D eigenvalue weighted by Gasteiger charge is 2.21. The Morgan fingerprint density at radius 2 is 1.97 bits per heavy atom. The van der Waals surface area contributed by atoms with Gasteiger partial charge in [-0.2, -0.15) is 0 Å². The molecule has 1 aliphatic heterocycles. The lowest BCUT2D eigenvalue weighted by atomic mass is 9.98. The molecule has 0 bridgehead atoms. The molecule has 1 aliphatic rings. The van der Waals surface area contributed by atoms with Crippen LogP contribution in [0.15, 0.2) is 54.0 Å². The number of thiazole rings is 2. The van der Waals surface area contributed by atoms with Crippen LogP contribution in [0.25, 0.3) is 10.6 Å². The first-order valence-electron chi connectivity index (χ1n) is 12.0. The largest absolute Gasteiger partial charge is 0.481 e. The fraction of sp³-hybridized carbons (Fsp3) is 0.333. The molecule has 4 aromatic rings. The maximum Gasteiger partial charge on any atom is 0.304 e. The number of anilines is 1. The number of aryl methyl sites for hydroxylation is 3. The van der Waals surface area contributed by atoms with Gasteiger partial charge in [-0.15, -0.1) is 22.7 Å². The van der Waals surface area contributed by atoms with Crippen molar-refractivity contribution in [3.63, 3.8) is 0 Å². The second-order valence-electron chi connectivity index (χ2n) is 8.86. The third kappa shape index (κ3) is 6.13. The molecular formula is C27H28N4O2S2. The molecule has 0 aliphatic carbocycles. The molecule has 1 aromatic carbocycles. The van der Waals surface area contributed by atoms with E-state index < -0.39 is 5.97 Å². The van der Waals surface area contributed by atoms with Crippen LogP contribution in [-0.4, -0.2) is 32.6 Å². The molecule has 180 valence electrons. The third-order valence-corrected chi connectivity index (χ3v) is 8.36. The number of carboxylic acids is 1. The number of aromatic nitrogens is 3. The van der Waals surface area contributed by atoms with Crippen molar-refractivity contribution in [3.05, 3.63) is 80.9 Å². The summed E-state index contributed by atoms with van der Waals surface area (Å²) in [6, 6.07) is 14.4. The first kappa shape index (κ1) is 23.6. The van der Waals surface area contributed by atoms with Crippen molar-refractivity contribution in [2.24, 2.45) is 0 Å². The van der Waals surface area contributed by atoms with Gasteiger partial charge in [0.25, 0.3) is 0 Å². The van der Waals surface area contributed by atoms with Crippen molar-refractivity contribution < 1.29 is 9.90 Å². The van der Waals surface area contributed by atoms with Crippen LogP contribution in [0, 0.1) is 0 Å².